The van der Waals surface area contributed by atoms with E-state index < -0.39 is 6.04 Å². The van der Waals surface area contributed by atoms with E-state index in [9.17, 15) is 14.0 Å². The Morgan fingerprint density at radius 2 is 1.91 bits per heavy atom. The molecule has 5 rings (SSSR count). The SMILES string of the molecule is O=C1NCCN(Cc2ccc(F)cc2)C1CC(=O)N1CC2(COc3ccccc3C2)C1.O=CO. The number of nitrogens with zero attached hydrogens (tertiary/aromatic N) is 2. The van der Waals surface area contributed by atoms with Gasteiger partial charge in [0, 0.05) is 38.1 Å². The summed E-state index contributed by atoms with van der Waals surface area (Å²) in [6.45, 7) is 3.41. The molecule has 2 fully saturated rings. The number of hydrogen-bond acceptors (Lipinski definition) is 5. The van der Waals surface area contributed by atoms with Crippen LogP contribution in [0.4, 0.5) is 4.39 Å². The molecule has 1 unspecified atom stereocenters. The molecule has 0 aliphatic carbocycles. The summed E-state index contributed by atoms with van der Waals surface area (Å²) < 4.78 is 19.1. The molecule has 2 aromatic rings. The predicted octanol–water partition coefficient (Wildman–Crippen LogP) is 1.68. The van der Waals surface area contributed by atoms with Crippen molar-refractivity contribution in [3.8, 4) is 5.75 Å². The average Bonchev–Trinajstić information content (AvgIpc) is 2.81. The predicted molar refractivity (Wildman–Crippen MR) is 122 cm³/mol. The molecule has 0 saturated carbocycles. The highest BCUT2D eigenvalue weighted by molar-refractivity contribution is 5.89. The number of para-hydroxylation sites is 1. The summed E-state index contributed by atoms with van der Waals surface area (Å²) in [6, 6.07) is 13.8. The highest BCUT2D eigenvalue weighted by Gasteiger charge is 2.48. The Balaban J connectivity index is 0.000000868. The van der Waals surface area contributed by atoms with Gasteiger partial charge in [-0.05, 0) is 35.7 Å². The maximum Gasteiger partial charge on any atom is 0.290 e. The largest absolute Gasteiger partial charge is 0.493 e. The molecule has 0 radical (unpaired) electrons. The molecular weight excluding hydrogens is 441 g/mol. The van der Waals surface area contributed by atoms with E-state index in [4.69, 9.17) is 14.6 Å². The Kier molecular flexibility index (Phi) is 7.12. The first-order valence-corrected chi connectivity index (χ1v) is 11.3. The number of hydrogen-bond donors (Lipinski definition) is 2. The number of likely N-dealkylation sites (tertiary alicyclic amines) is 1. The number of piperazine rings is 1. The molecule has 2 N–H and O–H groups in total. The Hall–Kier alpha value is -3.46. The molecule has 0 bridgehead atoms. The van der Waals surface area contributed by atoms with E-state index >= 15 is 0 Å². The van der Waals surface area contributed by atoms with Gasteiger partial charge in [-0.1, -0.05) is 30.3 Å². The van der Waals surface area contributed by atoms with Crippen molar-refractivity contribution >= 4 is 18.3 Å². The average molecular weight is 470 g/mol. The smallest absolute Gasteiger partial charge is 0.290 e. The molecule has 180 valence electrons. The van der Waals surface area contributed by atoms with Crippen LogP contribution in [0.15, 0.2) is 48.5 Å². The third-order valence-corrected chi connectivity index (χ3v) is 6.59. The normalized spacial score (nSPS) is 20.7. The number of halogens is 1. The summed E-state index contributed by atoms with van der Waals surface area (Å²) >= 11 is 0. The minimum Gasteiger partial charge on any atom is -0.493 e. The van der Waals surface area contributed by atoms with E-state index in [-0.39, 0.29) is 35.9 Å². The highest BCUT2D eigenvalue weighted by Crippen LogP contribution is 2.41. The van der Waals surface area contributed by atoms with E-state index in [1.54, 1.807) is 12.1 Å². The van der Waals surface area contributed by atoms with Crippen molar-refractivity contribution in [1.82, 2.24) is 15.1 Å². The Bertz CT molecular complexity index is 1040. The van der Waals surface area contributed by atoms with Crippen LogP contribution in [0.5, 0.6) is 5.75 Å². The van der Waals surface area contributed by atoms with Gasteiger partial charge in [-0.25, -0.2) is 4.39 Å². The molecule has 9 heteroatoms. The molecule has 2 aromatic carbocycles. The van der Waals surface area contributed by atoms with E-state index in [2.05, 4.69) is 11.4 Å². The summed E-state index contributed by atoms with van der Waals surface area (Å²) in [5.41, 5.74) is 2.10. The van der Waals surface area contributed by atoms with Gasteiger partial charge in [0.2, 0.25) is 11.8 Å². The number of rotatable bonds is 4. The van der Waals surface area contributed by atoms with E-state index in [0.29, 0.717) is 39.3 Å². The maximum absolute atomic E-state index is 13.2. The zero-order valence-electron chi connectivity index (χ0n) is 18.8. The number of amides is 2. The molecular formula is C25H28FN3O5. The number of carbonyl (C=O) groups excluding carboxylic acids is 2. The molecule has 3 aliphatic rings. The van der Waals surface area contributed by atoms with Crippen molar-refractivity contribution in [3.05, 3.63) is 65.5 Å². The molecule has 34 heavy (non-hydrogen) atoms. The summed E-state index contributed by atoms with van der Waals surface area (Å²) in [6.07, 6.45) is 1.06. The number of carbonyl (C=O) groups is 3. The minimum absolute atomic E-state index is 0.00404. The second-order valence-electron chi connectivity index (χ2n) is 9.04. The van der Waals surface area contributed by atoms with Crippen molar-refractivity contribution in [2.24, 2.45) is 5.41 Å². The first-order chi connectivity index (χ1) is 16.4. The molecule has 2 saturated heterocycles. The monoisotopic (exact) mass is 469 g/mol. The molecule has 3 aliphatic heterocycles. The molecule has 8 nitrogen and oxygen atoms in total. The molecule has 3 heterocycles. The molecule has 2 amide bonds. The minimum atomic E-state index is -0.508. The van der Waals surface area contributed by atoms with Gasteiger partial charge >= 0.3 is 0 Å². The number of carboxylic acid groups (broad SMARTS) is 1. The Labute approximate surface area is 197 Å². The summed E-state index contributed by atoms with van der Waals surface area (Å²) in [5, 5.41) is 9.76. The zero-order valence-corrected chi connectivity index (χ0v) is 18.8. The fourth-order valence-corrected chi connectivity index (χ4v) is 4.91. The van der Waals surface area contributed by atoms with Gasteiger partial charge in [-0.3, -0.25) is 19.3 Å². The second-order valence-corrected chi connectivity index (χ2v) is 9.04. The molecule has 0 aromatic heterocycles. The third kappa shape index (κ3) is 5.20. The van der Waals surface area contributed by atoms with Crippen LogP contribution in [0.1, 0.15) is 17.5 Å². The van der Waals surface area contributed by atoms with Crippen molar-refractivity contribution in [3.63, 3.8) is 0 Å². The van der Waals surface area contributed by atoms with Gasteiger partial charge in [0.05, 0.1) is 19.1 Å². The van der Waals surface area contributed by atoms with Gasteiger partial charge in [0.25, 0.3) is 6.47 Å². The van der Waals surface area contributed by atoms with E-state index in [1.165, 1.54) is 17.7 Å². The first kappa shape index (κ1) is 23.7. The highest BCUT2D eigenvalue weighted by atomic mass is 19.1. The van der Waals surface area contributed by atoms with Crippen LogP contribution in [0.25, 0.3) is 0 Å². The lowest BCUT2D eigenvalue weighted by molar-refractivity contribution is -0.150. The number of ether oxygens (including phenoxy) is 1. The van der Waals surface area contributed by atoms with Crippen molar-refractivity contribution in [2.75, 3.05) is 32.8 Å². The summed E-state index contributed by atoms with van der Waals surface area (Å²) in [4.78, 5) is 37.7. The quantitative estimate of drug-likeness (QED) is 0.662. The topological polar surface area (TPSA) is 99.2 Å². The van der Waals surface area contributed by atoms with Crippen molar-refractivity contribution in [1.29, 1.82) is 0 Å². The maximum atomic E-state index is 13.2. The van der Waals surface area contributed by atoms with Gasteiger partial charge in [0.15, 0.2) is 0 Å². The van der Waals surface area contributed by atoms with Crippen LogP contribution in [0.3, 0.4) is 0 Å². The first-order valence-electron chi connectivity index (χ1n) is 11.3. The second kappa shape index (κ2) is 10.2. The van der Waals surface area contributed by atoms with Crippen molar-refractivity contribution < 1.29 is 28.6 Å². The summed E-state index contributed by atoms with van der Waals surface area (Å²) in [5.74, 6) is 0.531. The van der Waals surface area contributed by atoms with Crippen LogP contribution >= 0.6 is 0 Å². The van der Waals surface area contributed by atoms with Crippen LogP contribution < -0.4 is 10.1 Å². The van der Waals surface area contributed by atoms with Crippen LogP contribution in [0, 0.1) is 11.2 Å². The fourth-order valence-electron chi connectivity index (χ4n) is 4.91. The lowest BCUT2D eigenvalue weighted by atomic mass is 9.73. The fraction of sp³-hybridized carbons (Fsp3) is 0.400. The lowest BCUT2D eigenvalue weighted by Gasteiger charge is -2.52. The molecule has 1 spiro atoms. The number of nitrogens with one attached hydrogen (secondary N) is 1. The van der Waals surface area contributed by atoms with Gasteiger partial charge in [-0.15, -0.1) is 0 Å². The standard InChI is InChI=1S/C24H26FN3O3.CH2O2/c25-19-7-5-17(6-8-19)13-27-10-9-26-23(30)20(27)11-22(29)28-14-24(15-28)12-18-3-1-2-4-21(18)31-16-24;2-1-3/h1-8,20H,9-16H2,(H,26,30);1H,(H,2,3). The van der Waals surface area contributed by atoms with Gasteiger partial charge in [0.1, 0.15) is 11.6 Å². The number of fused-ring (bicyclic) bond motifs is 1. The van der Waals surface area contributed by atoms with Gasteiger partial charge in [-0.2, -0.15) is 0 Å². The molecule has 1 atom stereocenters. The van der Waals surface area contributed by atoms with E-state index in [0.717, 1.165) is 17.7 Å². The lowest BCUT2D eigenvalue weighted by Crippen LogP contribution is -2.64. The Morgan fingerprint density at radius 3 is 2.65 bits per heavy atom. The van der Waals surface area contributed by atoms with Gasteiger partial charge < -0.3 is 20.1 Å². The third-order valence-electron chi connectivity index (χ3n) is 6.59. The number of benzene rings is 2. The van der Waals surface area contributed by atoms with Crippen molar-refractivity contribution in [2.45, 2.75) is 25.4 Å². The van der Waals surface area contributed by atoms with Crippen LogP contribution in [-0.2, 0) is 27.3 Å². The summed E-state index contributed by atoms with van der Waals surface area (Å²) in [7, 11) is 0. The zero-order chi connectivity index (χ0) is 24.1. The van der Waals surface area contributed by atoms with E-state index in [1.807, 2.05) is 28.0 Å². The van der Waals surface area contributed by atoms with Crippen LogP contribution in [-0.4, -0.2) is 72.0 Å². The van der Waals surface area contributed by atoms with Crippen LogP contribution in [0.2, 0.25) is 0 Å². The Morgan fingerprint density at radius 1 is 1.21 bits per heavy atom.